The van der Waals surface area contributed by atoms with Crippen molar-refractivity contribution in [3.63, 3.8) is 0 Å². The molecular weight excluding hydrogens is 788 g/mol. The van der Waals surface area contributed by atoms with Gasteiger partial charge < -0.3 is 23.6 Å². The van der Waals surface area contributed by atoms with Gasteiger partial charge in [0.25, 0.3) is 13.9 Å². The first-order valence-electron chi connectivity index (χ1n) is 20.1. The molecule has 1 amide bonds. The smallest absolute Gasteiger partial charge is 0.332 e. The van der Waals surface area contributed by atoms with E-state index >= 15 is 4.39 Å². The molecule has 3 aromatic carbocycles. The molecule has 14 heteroatoms. The van der Waals surface area contributed by atoms with E-state index in [1.807, 2.05) is 12.1 Å². The number of thiophene rings is 1. The topological polar surface area (TPSA) is 127 Å². The Morgan fingerprint density at radius 3 is 2.19 bits per heavy atom. The van der Waals surface area contributed by atoms with E-state index in [9.17, 15) is 14.4 Å². The number of rotatable bonds is 12. The average molecular weight is 837 g/mol. The molecule has 2 aliphatic rings. The Morgan fingerprint density at radius 2 is 1.61 bits per heavy atom. The highest BCUT2D eigenvalue weighted by molar-refractivity contribution is 7.22. The fourth-order valence-corrected chi connectivity index (χ4v) is 15.0. The normalized spacial score (nSPS) is 19.2. The van der Waals surface area contributed by atoms with Gasteiger partial charge in [-0.25, -0.2) is 18.7 Å². The summed E-state index contributed by atoms with van der Waals surface area (Å²) in [6.45, 7) is 8.85. The lowest BCUT2D eigenvalue weighted by Crippen LogP contribution is -2.67. The van der Waals surface area contributed by atoms with Gasteiger partial charge in [-0.15, -0.1) is 11.3 Å². The summed E-state index contributed by atoms with van der Waals surface area (Å²) in [4.78, 5) is 47.2. The second kappa shape index (κ2) is 16.5. The summed E-state index contributed by atoms with van der Waals surface area (Å²) in [5, 5.41) is 5.31. The maximum atomic E-state index is 15.2. The highest BCUT2D eigenvalue weighted by Gasteiger charge is 2.51. The molecule has 0 radical (unpaired) electrons. The monoisotopic (exact) mass is 836 g/mol. The van der Waals surface area contributed by atoms with Crippen molar-refractivity contribution in [3.8, 4) is 16.5 Å². The number of hydrogen-bond donors (Lipinski definition) is 1. The van der Waals surface area contributed by atoms with Crippen LogP contribution >= 0.6 is 11.3 Å². The fourth-order valence-electron chi connectivity index (χ4n) is 8.96. The van der Waals surface area contributed by atoms with E-state index < -0.39 is 43.4 Å². The van der Waals surface area contributed by atoms with Crippen molar-refractivity contribution >= 4 is 46.2 Å². The molecule has 6 aromatic rings. The molecule has 2 fully saturated rings. The van der Waals surface area contributed by atoms with Crippen molar-refractivity contribution in [2.75, 3.05) is 13.7 Å². The highest BCUT2D eigenvalue weighted by Crippen LogP contribution is 2.41. The lowest BCUT2D eigenvalue weighted by atomic mass is 9.94. The number of carbonyl (C=O) groups is 1. The Kier molecular flexibility index (Phi) is 11.3. The van der Waals surface area contributed by atoms with Crippen LogP contribution in [0.25, 0.3) is 21.0 Å². The molecule has 1 N–H and O–H groups in total. The van der Waals surface area contributed by atoms with Crippen molar-refractivity contribution in [1.82, 2.24) is 19.4 Å². The van der Waals surface area contributed by atoms with E-state index in [1.54, 1.807) is 13.0 Å². The molecule has 2 atom stereocenters. The van der Waals surface area contributed by atoms with E-state index in [0.29, 0.717) is 51.9 Å². The van der Waals surface area contributed by atoms with Gasteiger partial charge in [-0.1, -0.05) is 81.4 Å². The lowest BCUT2D eigenvalue weighted by molar-refractivity contribution is -0.122. The summed E-state index contributed by atoms with van der Waals surface area (Å²) in [6.07, 6.45) is 4.86. The number of benzene rings is 3. The van der Waals surface area contributed by atoms with Crippen LogP contribution in [0.5, 0.6) is 5.75 Å². The summed E-state index contributed by atoms with van der Waals surface area (Å²) >= 11 is 1.21. The number of aromatic nitrogens is 3. The molecule has 1 aliphatic heterocycles. The fraction of sp³-hybridized carbons (Fsp3) is 0.378. The van der Waals surface area contributed by atoms with Gasteiger partial charge in [0.15, 0.2) is 0 Å². The van der Waals surface area contributed by atoms with Crippen LogP contribution < -0.4 is 31.7 Å². The molecule has 4 heterocycles. The number of nitrogens with zero attached hydrogens (tertiary/aromatic N) is 3. The predicted molar refractivity (Wildman–Crippen MR) is 229 cm³/mol. The van der Waals surface area contributed by atoms with Gasteiger partial charge in [-0.05, 0) is 78.2 Å². The minimum Gasteiger partial charge on any atom is -0.496 e. The third-order valence-electron chi connectivity index (χ3n) is 11.8. The van der Waals surface area contributed by atoms with Crippen molar-refractivity contribution in [2.45, 2.75) is 95.7 Å². The largest absolute Gasteiger partial charge is 0.496 e. The Morgan fingerprint density at radius 1 is 0.949 bits per heavy atom. The summed E-state index contributed by atoms with van der Waals surface area (Å²) in [6, 6.07) is 24.5. The molecule has 0 bridgehead atoms. The Balaban J connectivity index is 1.16. The molecule has 8 rings (SSSR count). The number of nitrogens with one attached hydrogen (secondary N) is 1. The van der Waals surface area contributed by atoms with Gasteiger partial charge in [0, 0.05) is 18.2 Å². The Hall–Kier alpha value is -5.15. The molecule has 0 spiro atoms. The van der Waals surface area contributed by atoms with Crippen LogP contribution in [0.2, 0.25) is 5.04 Å². The van der Waals surface area contributed by atoms with Crippen LogP contribution in [-0.4, -0.2) is 54.2 Å². The van der Waals surface area contributed by atoms with E-state index in [1.165, 1.54) is 58.0 Å². The molecule has 11 nitrogen and oxygen atoms in total. The number of methoxy groups -OCH3 is 1. The van der Waals surface area contributed by atoms with Crippen LogP contribution in [0.15, 0.2) is 105 Å². The van der Waals surface area contributed by atoms with Crippen molar-refractivity contribution in [3.05, 3.63) is 129 Å². The average Bonchev–Trinajstić information content (AvgIpc) is 4.00. The quantitative estimate of drug-likeness (QED) is 0.130. The van der Waals surface area contributed by atoms with Crippen LogP contribution in [-0.2, 0) is 20.5 Å². The molecular formula is C45H49FN4O7SSi. The summed E-state index contributed by atoms with van der Waals surface area (Å²) in [5.74, 6) is -0.174. The zero-order valence-electron chi connectivity index (χ0n) is 33.9. The number of oxazole rings is 1. The predicted octanol–water partition coefficient (Wildman–Crippen LogP) is 7.04. The SMILES string of the molecule is COc1ccc(F)cc1[C@H](Cn1c(=O)n([C@H]2CCNC2=O)c(=O)c2c(C)c(-c3ncco3)sc21)OC1CCC(O[Si](c2ccccc2)(c2ccccc2)C(C)(C)C)CC1. The number of hydrogen-bond acceptors (Lipinski definition) is 9. The first-order valence-corrected chi connectivity index (χ1v) is 22.9. The zero-order valence-corrected chi connectivity index (χ0v) is 35.7. The number of ether oxygens (including phenoxy) is 2. The first-order chi connectivity index (χ1) is 28.4. The highest BCUT2D eigenvalue weighted by atomic mass is 32.1. The van der Waals surface area contributed by atoms with E-state index in [0.717, 1.165) is 17.4 Å². The second-order valence-corrected chi connectivity index (χ2v) is 21.7. The molecule has 1 aliphatic carbocycles. The number of aryl methyl sites for hydroxylation is 1. The van der Waals surface area contributed by atoms with E-state index in [4.69, 9.17) is 18.3 Å². The molecule has 59 heavy (non-hydrogen) atoms. The molecule has 308 valence electrons. The van der Waals surface area contributed by atoms with Gasteiger partial charge in [0.2, 0.25) is 11.8 Å². The van der Waals surface area contributed by atoms with E-state index in [2.05, 4.69) is 79.6 Å². The summed E-state index contributed by atoms with van der Waals surface area (Å²) in [5.41, 5.74) is -0.208. The lowest BCUT2D eigenvalue weighted by Gasteiger charge is -2.46. The Labute approximate surface area is 346 Å². The summed E-state index contributed by atoms with van der Waals surface area (Å²) in [7, 11) is -1.29. The van der Waals surface area contributed by atoms with Crippen LogP contribution in [0.3, 0.4) is 0 Å². The van der Waals surface area contributed by atoms with Crippen LogP contribution in [0, 0.1) is 12.7 Å². The Bertz CT molecular complexity index is 2520. The van der Waals surface area contributed by atoms with Gasteiger partial charge >= 0.3 is 5.69 Å². The standard InChI is InChI=1S/C45H49FN4O7SSi/c1-28-38-42(52)50(35-22-23-47-40(35)51)44(53)49(43(38)58-39(28)41-48-24-25-55-41)27-37(34-26-29(46)16-21-36(34)54-5)56-30-17-19-31(20-18-30)57-59(45(2,3)4,32-12-8-6-9-13-32)33-14-10-7-11-15-33/h6-16,21,24-26,30-31,35,37H,17-20,22-23,27H2,1-5H3,(H,47,51)/t30?,31?,35-,37-/m0/s1. The number of fused-ring (bicyclic) bond motifs is 1. The van der Waals surface area contributed by atoms with E-state index in [-0.39, 0.29) is 35.6 Å². The van der Waals surface area contributed by atoms with Gasteiger partial charge in [0.05, 0.1) is 36.2 Å². The maximum Gasteiger partial charge on any atom is 0.332 e. The van der Waals surface area contributed by atoms with Gasteiger partial charge in [-0.3, -0.25) is 14.2 Å². The number of carbonyl (C=O) groups excluding carboxylic acids is 1. The third-order valence-corrected chi connectivity index (χ3v) is 18.2. The number of amides is 1. The third kappa shape index (κ3) is 7.51. The van der Waals surface area contributed by atoms with Gasteiger partial charge in [-0.2, -0.15) is 0 Å². The summed E-state index contributed by atoms with van der Waals surface area (Å²) < 4.78 is 43.5. The minimum absolute atomic E-state index is 0.0330. The molecule has 1 saturated heterocycles. The zero-order chi connectivity index (χ0) is 41.5. The molecule has 1 saturated carbocycles. The first kappa shape index (κ1) is 40.6. The van der Waals surface area contributed by atoms with Crippen LogP contribution in [0.1, 0.15) is 76.1 Å². The maximum absolute atomic E-state index is 15.2. The van der Waals surface area contributed by atoms with Crippen LogP contribution in [0.4, 0.5) is 4.39 Å². The molecule has 0 unspecified atom stereocenters. The minimum atomic E-state index is -2.80. The number of halogens is 1. The van der Waals surface area contributed by atoms with Gasteiger partial charge in [0.1, 0.15) is 34.8 Å². The second-order valence-electron chi connectivity index (χ2n) is 16.4. The van der Waals surface area contributed by atoms with Crippen molar-refractivity contribution in [1.29, 1.82) is 0 Å². The van der Waals surface area contributed by atoms with Crippen molar-refractivity contribution in [2.24, 2.45) is 0 Å². The molecule has 3 aromatic heterocycles. The van der Waals surface area contributed by atoms with Crippen molar-refractivity contribution < 1.29 is 27.5 Å².